The Morgan fingerprint density at radius 3 is 2.43 bits per heavy atom. The molecule has 8 nitrogen and oxygen atoms in total. The highest BCUT2D eigenvalue weighted by atomic mass is 35.5. The molecular weight excluding hydrogens is 470 g/mol. The molecule has 0 unspecified atom stereocenters. The first-order valence-corrected chi connectivity index (χ1v) is 11.5. The molecule has 35 heavy (non-hydrogen) atoms. The number of hydrogen-bond acceptors (Lipinski definition) is 5. The molecule has 4 aromatic rings. The number of fused-ring (bicyclic) bond motifs is 3. The second-order valence-electron chi connectivity index (χ2n) is 9.41. The summed E-state index contributed by atoms with van der Waals surface area (Å²) < 4.78 is 16.3. The SMILES string of the molecule is COc1cccc([C@H]2OCC(C)(C)n3c(-c4ccc(Cl)cc4)c4c(=O)n(C)c(=O)n(C)c4c32)c1O. The van der Waals surface area contributed by atoms with Crippen LogP contribution in [0.5, 0.6) is 11.5 Å². The number of nitrogens with zero attached hydrogens (tertiary/aromatic N) is 3. The fraction of sp³-hybridized carbons (Fsp3) is 0.308. The lowest BCUT2D eigenvalue weighted by molar-refractivity contribution is -0.00810. The van der Waals surface area contributed by atoms with Gasteiger partial charge in [-0.2, -0.15) is 0 Å². The number of aromatic hydroxyl groups is 1. The van der Waals surface area contributed by atoms with Gasteiger partial charge in [0.1, 0.15) is 6.10 Å². The van der Waals surface area contributed by atoms with E-state index in [4.69, 9.17) is 21.1 Å². The summed E-state index contributed by atoms with van der Waals surface area (Å²) in [5.74, 6) is 0.253. The van der Waals surface area contributed by atoms with Crippen LogP contribution in [0.3, 0.4) is 0 Å². The van der Waals surface area contributed by atoms with Gasteiger partial charge >= 0.3 is 5.69 Å². The van der Waals surface area contributed by atoms with Gasteiger partial charge < -0.3 is 19.1 Å². The van der Waals surface area contributed by atoms with Crippen molar-refractivity contribution in [2.75, 3.05) is 13.7 Å². The van der Waals surface area contributed by atoms with Gasteiger partial charge in [-0.3, -0.25) is 13.9 Å². The molecule has 0 bridgehead atoms. The Hall–Kier alpha value is -3.49. The number of phenols is 1. The van der Waals surface area contributed by atoms with E-state index in [2.05, 4.69) is 4.57 Å². The zero-order valence-electron chi connectivity index (χ0n) is 20.1. The van der Waals surface area contributed by atoms with Gasteiger partial charge in [-0.1, -0.05) is 35.9 Å². The van der Waals surface area contributed by atoms with E-state index in [1.807, 2.05) is 26.0 Å². The Balaban J connectivity index is 2.00. The Morgan fingerprint density at radius 1 is 1.09 bits per heavy atom. The third kappa shape index (κ3) is 3.31. The number of methoxy groups -OCH3 is 1. The molecule has 0 spiro atoms. The van der Waals surface area contributed by atoms with Crippen molar-refractivity contribution in [2.45, 2.75) is 25.5 Å². The molecule has 1 atom stereocenters. The Kier molecular flexibility index (Phi) is 5.34. The second kappa shape index (κ2) is 8.03. The van der Waals surface area contributed by atoms with E-state index < -0.39 is 22.9 Å². The molecule has 0 aliphatic carbocycles. The number of rotatable bonds is 3. The van der Waals surface area contributed by atoms with Crippen LogP contribution in [-0.4, -0.2) is 32.5 Å². The van der Waals surface area contributed by atoms with Crippen LogP contribution in [-0.2, 0) is 24.4 Å². The molecule has 2 aromatic heterocycles. The molecule has 0 radical (unpaired) electrons. The third-order valence-corrected chi connectivity index (χ3v) is 6.97. The van der Waals surface area contributed by atoms with E-state index in [-0.39, 0.29) is 5.75 Å². The lowest BCUT2D eigenvalue weighted by Crippen LogP contribution is -2.40. The first-order chi connectivity index (χ1) is 16.6. The number of benzene rings is 2. The van der Waals surface area contributed by atoms with Crippen LogP contribution < -0.4 is 16.0 Å². The minimum atomic E-state index is -0.751. The van der Waals surface area contributed by atoms with Crippen molar-refractivity contribution in [3.8, 4) is 22.8 Å². The average Bonchev–Trinajstić information content (AvgIpc) is 3.20. The van der Waals surface area contributed by atoms with Crippen LogP contribution in [0.15, 0.2) is 52.1 Å². The van der Waals surface area contributed by atoms with Crippen molar-refractivity contribution >= 4 is 22.5 Å². The Labute approximate surface area is 206 Å². The van der Waals surface area contributed by atoms with Gasteiger partial charge in [-0.05, 0) is 37.6 Å². The molecule has 0 saturated heterocycles. The number of halogens is 1. The molecule has 5 rings (SSSR count). The zero-order valence-corrected chi connectivity index (χ0v) is 20.9. The minimum absolute atomic E-state index is 0.0533. The van der Waals surface area contributed by atoms with E-state index in [1.165, 1.54) is 18.7 Å². The molecule has 1 aliphatic heterocycles. The van der Waals surface area contributed by atoms with Gasteiger partial charge in [0, 0.05) is 24.7 Å². The second-order valence-corrected chi connectivity index (χ2v) is 9.84. The number of phenolic OH excluding ortho intramolecular Hbond substituents is 1. The lowest BCUT2D eigenvalue weighted by atomic mass is 9.97. The van der Waals surface area contributed by atoms with Crippen LogP contribution in [0.4, 0.5) is 0 Å². The summed E-state index contributed by atoms with van der Waals surface area (Å²) in [5.41, 5.74) is 1.58. The van der Waals surface area contributed by atoms with E-state index in [9.17, 15) is 14.7 Å². The molecular formula is C26H26ClN3O5. The van der Waals surface area contributed by atoms with Crippen LogP contribution in [0.25, 0.3) is 22.2 Å². The fourth-order valence-electron chi connectivity index (χ4n) is 5.03. The predicted molar refractivity (Wildman–Crippen MR) is 135 cm³/mol. The first-order valence-electron chi connectivity index (χ1n) is 11.2. The summed E-state index contributed by atoms with van der Waals surface area (Å²) >= 11 is 6.16. The molecule has 0 fully saturated rings. The maximum atomic E-state index is 13.6. The highest BCUT2D eigenvalue weighted by Gasteiger charge is 2.41. The van der Waals surface area contributed by atoms with Crippen LogP contribution in [0.1, 0.15) is 31.2 Å². The van der Waals surface area contributed by atoms with Crippen LogP contribution >= 0.6 is 11.6 Å². The smallest absolute Gasteiger partial charge is 0.331 e. The monoisotopic (exact) mass is 495 g/mol. The molecule has 3 heterocycles. The van der Waals surface area contributed by atoms with Gasteiger partial charge in [0.15, 0.2) is 11.5 Å². The Morgan fingerprint density at radius 2 is 1.77 bits per heavy atom. The molecule has 2 aromatic carbocycles. The molecule has 0 saturated carbocycles. The summed E-state index contributed by atoms with van der Waals surface area (Å²) in [4.78, 5) is 26.6. The number of hydrogen-bond donors (Lipinski definition) is 1. The highest BCUT2D eigenvalue weighted by molar-refractivity contribution is 6.30. The van der Waals surface area contributed by atoms with E-state index in [0.29, 0.717) is 45.2 Å². The molecule has 9 heteroatoms. The normalized spacial score (nSPS) is 16.9. The summed E-state index contributed by atoms with van der Waals surface area (Å²) in [7, 11) is 4.59. The summed E-state index contributed by atoms with van der Waals surface area (Å²) in [5, 5.41) is 12.0. The van der Waals surface area contributed by atoms with Crippen molar-refractivity contribution in [2.24, 2.45) is 14.1 Å². The number of aryl methyl sites for hydroxylation is 1. The van der Waals surface area contributed by atoms with Gasteiger partial charge in [-0.15, -0.1) is 0 Å². The molecule has 1 aliphatic rings. The van der Waals surface area contributed by atoms with Gasteiger partial charge in [0.2, 0.25) is 0 Å². The maximum absolute atomic E-state index is 13.6. The average molecular weight is 496 g/mol. The largest absolute Gasteiger partial charge is 0.504 e. The topological polar surface area (TPSA) is 87.6 Å². The minimum Gasteiger partial charge on any atom is -0.504 e. The van der Waals surface area contributed by atoms with Crippen LogP contribution in [0.2, 0.25) is 5.02 Å². The molecule has 182 valence electrons. The van der Waals surface area contributed by atoms with Crippen LogP contribution in [0, 0.1) is 0 Å². The van der Waals surface area contributed by atoms with E-state index in [1.54, 1.807) is 37.4 Å². The standard InChI is InChI=1S/C26H26ClN3O5/c1-26(2)13-35-23(16-7-6-8-17(34-5)22(16)31)21-20-18(24(32)29(4)25(33)28(20)3)19(30(21)26)14-9-11-15(27)12-10-14/h6-12,23,31H,13H2,1-5H3/t23-/m1/s1. The van der Waals surface area contributed by atoms with E-state index in [0.717, 1.165) is 10.1 Å². The number of aromatic nitrogens is 3. The highest BCUT2D eigenvalue weighted by Crippen LogP contribution is 2.48. The van der Waals surface area contributed by atoms with Gasteiger partial charge in [0.05, 0.1) is 41.5 Å². The zero-order chi connectivity index (χ0) is 25.2. The number of para-hydroxylation sites is 1. The summed E-state index contributed by atoms with van der Waals surface area (Å²) in [6, 6.07) is 12.4. The lowest BCUT2D eigenvalue weighted by Gasteiger charge is -2.39. The summed E-state index contributed by atoms with van der Waals surface area (Å²) in [6.07, 6.45) is -0.751. The molecule has 0 amide bonds. The number of ether oxygens (including phenoxy) is 2. The van der Waals surface area contributed by atoms with Gasteiger partial charge in [-0.25, -0.2) is 4.79 Å². The van der Waals surface area contributed by atoms with Crippen molar-refractivity contribution in [3.63, 3.8) is 0 Å². The maximum Gasteiger partial charge on any atom is 0.331 e. The summed E-state index contributed by atoms with van der Waals surface area (Å²) in [6.45, 7) is 4.33. The Bertz CT molecular complexity index is 1600. The predicted octanol–water partition coefficient (Wildman–Crippen LogP) is 3.93. The van der Waals surface area contributed by atoms with Gasteiger partial charge in [0.25, 0.3) is 5.56 Å². The third-order valence-electron chi connectivity index (χ3n) is 6.72. The fourth-order valence-corrected chi connectivity index (χ4v) is 5.16. The van der Waals surface area contributed by atoms with E-state index >= 15 is 0 Å². The quantitative estimate of drug-likeness (QED) is 0.465. The van der Waals surface area contributed by atoms with Crippen molar-refractivity contribution in [1.82, 2.24) is 13.7 Å². The van der Waals surface area contributed by atoms with Crippen molar-refractivity contribution in [1.29, 1.82) is 0 Å². The first kappa shape index (κ1) is 23.3. The van der Waals surface area contributed by atoms with Crippen molar-refractivity contribution < 1.29 is 14.6 Å². The molecule has 1 N–H and O–H groups in total. The van der Waals surface area contributed by atoms with Crippen molar-refractivity contribution in [3.05, 3.63) is 79.6 Å².